The highest BCUT2D eigenvalue weighted by Gasteiger charge is 2.33. The highest BCUT2D eigenvalue weighted by molar-refractivity contribution is 5.90. The van der Waals surface area contributed by atoms with Gasteiger partial charge >= 0.3 is 6.03 Å². The van der Waals surface area contributed by atoms with Crippen LogP contribution < -0.4 is 10.6 Å². The van der Waals surface area contributed by atoms with Gasteiger partial charge in [0.1, 0.15) is 5.82 Å². The molecule has 0 bridgehead atoms. The SMILES string of the molecule is O=C(Cc1ccc(NC(=O)N2CCC2c2ccc(F)cc2)cc1)NC1CC1. The number of anilines is 1. The van der Waals surface area contributed by atoms with Gasteiger partial charge in [0.2, 0.25) is 5.91 Å². The van der Waals surface area contributed by atoms with Gasteiger partial charge in [-0.1, -0.05) is 24.3 Å². The first-order valence-electron chi connectivity index (χ1n) is 9.30. The minimum atomic E-state index is -0.278. The van der Waals surface area contributed by atoms with Crippen molar-refractivity contribution in [2.75, 3.05) is 11.9 Å². The molecule has 4 rings (SSSR count). The first-order chi connectivity index (χ1) is 13.1. The zero-order valence-electron chi connectivity index (χ0n) is 15.0. The van der Waals surface area contributed by atoms with E-state index in [1.165, 1.54) is 12.1 Å². The fraction of sp³-hybridized carbons (Fsp3) is 0.333. The van der Waals surface area contributed by atoms with Crippen molar-refractivity contribution in [2.45, 2.75) is 37.8 Å². The van der Waals surface area contributed by atoms with Crippen molar-refractivity contribution in [1.29, 1.82) is 0 Å². The fourth-order valence-electron chi connectivity index (χ4n) is 3.25. The molecule has 2 aromatic rings. The van der Waals surface area contributed by atoms with Crippen LogP contribution in [0, 0.1) is 5.82 Å². The lowest BCUT2D eigenvalue weighted by Crippen LogP contribution is -2.47. The molecule has 2 aromatic carbocycles. The third kappa shape index (κ3) is 4.27. The van der Waals surface area contributed by atoms with Crippen LogP contribution in [0.5, 0.6) is 0 Å². The van der Waals surface area contributed by atoms with Crippen molar-refractivity contribution >= 4 is 17.6 Å². The third-order valence-electron chi connectivity index (χ3n) is 5.05. The van der Waals surface area contributed by atoms with Gasteiger partial charge in [0.25, 0.3) is 0 Å². The molecule has 5 nitrogen and oxygen atoms in total. The number of hydrogen-bond acceptors (Lipinski definition) is 2. The van der Waals surface area contributed by atoms with Crippen LogP contribution in [0.25, 0.3) is 0 Å². The van der Waals surface area contributed by atoms with E-state index in [0.29, 0.717) is 24.7 Å². The van der Waals surface area contributed by atoms with Gasteiger partial charge in [-0.05, 0) is 54.7 Å². The molecule has 1 unspecified atom stereocenters. The van der Waals surface area contributed by atoms with E-state index in [1.54, 1.807) is 17.0 Å². The first-order valence-corrected chi connectivity index (χ1v) is 9.30. The van der Waals surface area contributed by atoms with Crippen molar-refractivity contribution in [2.24, 2.45) is 0 Å². The van der Waals surface area contributed by atoms with Crippen LogP contribution in [-0.2, 0) is 11.2 Å². The molecule has 0 aromatic heterocycles. The van der Waals surface area contributed by atoms with Gasteiger partial charge in [-0.3, -0.25) is 4.79 Å². The number of rotatable bonds is 5. The lowest BCUT2D eigenvalue weighted by Gasteiger charge is -2.41. The quantitative estimate of drug-likeness (QED) is 0.848. The average Bonchev–Trinajstić information content (AvgIpc) is 3.41. The maximum atomic E-state index is 13.1. The molecule has 2 N–H and O–H groups in total. The van der Waals surface area contributed by atoms with Gasteiger partial charge in [-0.25, -0.2) is 9.18 Å². The molecule has 1 aliphatic carbocycles. The van der Waals surface area contributed by atoms with Crippen LogP contribution in [0.1, 0.15) is 36.4 Å². The van der Waals surface area contributed by atoms with Gasteiger partial charge in [0, 0.05) is 18.3 Å². The highest BCUT2D eigenvalue weighted by Crippen LogP contribution is 2.33. The Morgan fingerprint density at radius 2 is 1.70 bits per heavy atom. The topological polar surface area (TPSA) is 61.4 Å². The summed E-state index contributed by atoms with van der Waals surface area (Å²) in [6.45, 7) is 0.674. The van der Waals surface area contributed by atoms with Gasteiger partial charge in [0.05, 0.1) is 12.5 Å². The molecule has 2 aliphatic rings. The monoisotopic (exact) mass is 367 g/mol. The predicted octanol–water partition coefficient (Wildman–Crippen LogP) is 3.63. The summed E-state index contributed by atoms with van der Waals surface area (Å²) in [6, 6.07) is 13.8. The fourth-order valence-corrected chi connectivity index (χ4v) is 3.25. The van der Waals surface area contributed by atoms with E-state index in [1.807, 2.05) is 24.3 Å². The summed E-state index contributed by atoms with van der Waals surface area (Å²) in [6.07, 6.45) is 3.37. The number of carbonyl (C=O) groups is 2. The number of urea groups is 1. The Hall–Kier alpha value is -2.89. The third-order valence-corrected chi connectivity index (χ3v) is 5.05. The van der Waals surface area contributed by atoms with Crippen LogP contribution in [0.15, 0.2) is 48.5 Å². The first kappa shape index (κ1) is 17.5. The molecule has 140 valence electrons. The number of halogens is 1. The summed E-state index contributed by atoms with van der Waals surface area (Å²) in [4.78, 5) is 26.1. The Morgan fingerprint density at radius 3 is 2.30 bits per heavy atom. The molecule has 0 spiro atoms. The zero-order valence-corrected chi connectivity index (χ0v) is 15.0. The van der Waals surface area contributed by atoms with Crippen LogP contribution in [-0.4, -0.2) is 29.4 Å². The van der Waals surface area contributed by atoms with Crippen LogP contribution in [0.4, 0.5) is 14.9 Å². The van der Waals surface area contributed by atoms with E-state index in [0.717, 1.165) is 30.4 Å². The average molecular weight is 367 g/mol. The van der Waals surface area contributed by atoms with E-state index in [9.17, 15) is 14.0 Å². The number of hydrogen-bond donors (Lipinski definition) is 2. The van der Waals surface area contributed by atoms with Crippen LogP contribution >= 0.6 is 0 Å². The number of nitrogens with zero attached hydrogens (tertiary/aromatic N) is 1. The Bertz CT molecular complexity index is 832. The van der Waals surface area contributed by atoms with Crippen LogP contribution in [0.3, 0.4) is 0 Å². The van der Waals surface area contributed by atoms with Gasteiger partial charge < -0.3 is 15.5 Å². The summed E-state index contributed by atoms with van der Waals surface area (Å²) < 4.78 is 13.1. The summed E-state index contributed by atoms with van der Waals surface area (Å²) in [7, 11) is 0. The van der Waals surface area contributed by atoms with Crippen molar-refractivity contribution in [3.8, 4) is 0 Å². The van der Waals surface area contributed by atoms with Gasteiger partial charge in [0.15, 0.2) is 0 Å². The number of amides is 3. The zero-order chi connectivity index (χ0) is 18.8. The number of benzene rings is 2. The minimum absolute atomic E-state index is 0.0176. The molecule has 1 atom stereocenters. The molecule has 1 aliphatic heterocycles. The Labute approximate surface area is 157 Å². The second-order valence-corrected chi connectivity index (χ2v) is 7.20. The van der Waals surface area contributed by atoms with Gasteiger partial charge in [-0.15, -0.1) is 0 Å². The summed E-state index contributed by atoms with van der Waals surface area (Å²) in [5.41, 5.74) is 2.55. The van der Waals surface area contributed by atoms with Crippen molar-refractivity contribution in [1.82, 2.24) is 10.2 Å². The van der Waals surface area contributed by atoms with E-state index in [4.69, 9.17) is 0 Å². The number of nitrogens with one attached hydrogen (secondary N) is 2. The molecular weight excluding hydrogens is 345 g/mol. The standard InChI is InChI=1S/C21H22FN3O2/c22-16-5-3-15(4-6-16)19-11-12-25(19)21(27)24-18-7-1-14(2-8-18)13-20(26)23-17-9-10-17/h1-8,17,19H,9-13H2,(H,23,26)(H,24,27). The lowest BCUT2D eigenvalue weighted by atomic mass is 9.95. The molecule has 3 amide bonds. The van der Waals surface area contributed by atoms with E-state index in [2.05, 4.69) is 10.6 Å². The Morgan fingerprint density at radius 1 is 1.00 bits per heavy atom. The normalized spacial score (nSPS) is 18.6. The van der Waals surface area contributed by atoms with E-state index >= 15 is 0 Å². The van der Waals surface area contributed by atoms with Gasteiger partial charge in [-0.2, -0.15) is 0 Å². The molecule has 27 heavy (non-hydrogen) atoms. The van der Waals surface area contributed by atoms with Crippen LogP contribution in [0.2, 0.25) is 0 Å². The molecule has 1 saturated carbocycles. The maximum Gasteiger partial charge on any atom is 0.322 e. The Balaban J connectivity index is 1.32. The molecule has 2 fully saturated rings. The van der Waals surface area contributed by atoms with Crippen molar-refractivity contribution < 1.29 is 14.0 Å². The largest absolute Gasteiger partial charge is 0.353 e. The van der Waals surface area contributed by atoms with Crippen molar-refractivity contribution in [3.63, 3.8) is 0 Å². The summed E-state index contributed by atoms with van der Waals surface area (Å²) in [5, 5.41) is 5.85. The number of carbonyl (C=O) groups excluding carboxylic acids is 2. The molecular formula is C21H22FN3O2. The highest BCUT2D eigenvalue weighted by atomic mass is 19.1. The van der Waals surface area contributed by atoms with E-state index in [-0.39, 0.29) is 23.8 Å². The summed E-state index contributed by atoms with van der Waals surface area (Å²) >= 11 is 0. The smallest absolute Gasteiger partial charge is 0.322 e. The second-order valence-electron chi connectivity index (χ2n) is 7.20. The Kier molecular flexibility index (Phi) is 4.79. The number of likely N-dealkylation sites (tertiary alicyclic amines) is 1. The van der Waals surface area contributed by atoms with E-state index < -0.39 is 0 Å². The molecule has 1 heterocycles. The molecule has 0 radical (unpaired) electrons. The molecule has 1 saturated heterocycles. The molecule has 6 heteroatoms. The predicted molar refractivity (Wildman–Crippen MR) is 101 cm³/mol. The second kappa shape index (κ2) is 7.39. The van der Waals surface area contributed by atoms with Crippen molar-refractivity contribution in [3.05, 3.63) is 65.5 Å². The lowest BCUT2D eigenvalue weighted by molar-refractivity contribution is -0.120. The summed E-state index contributed by atoms with van der Waals surface area (Å²) in [5.74, 6) is -0.239. The minimum Gasteiger partial charge on any atom is -0.353 e. The maximum absolute atomic E-state index is 13.1.